The van der Waals surface area contributed by atoms with Crippen LogP contribution in [0.5, 0.6) is 0 Å². The number of hydrogen-bond acceptors (Lipinski definition) is 4. The summed E-state index contributed by atoms with van der Waals surface area (Å²) >= 11 is 3.31. The van der Waals surface area contributed by atoms with Crippen molar-refractivity contribution in [3.8, 4) is 32.5 Å². The summed E-state index contributed by atoms with van der Waals surface area (Å²) in [6.07, 6.45) is 0. The van der Waals surface area contributed by atoms with E-state index in [9.17, 15) is 0 Å². The van der Waals surface area contributed by atoms with Crippen molar-refractivity contribution in [3.05, 3.63) is 70.9 Å². The third-order valence-corrected chi connectivity index (χ3v) is 5.35. The summed E-state index contributed by atoms with van der Waals surface area (Å²) in [7, 11) is 0. The van der Waals surface area contributed by atoms with E-state index in [2.05, 4.69) is 54.1 Å². The quantitative estimate of drug-likeness (QED) is 0.465. The van der Waals surface area contributed by atoms with Gasteiger partial charge >= 0.3 is 0 Å². The van der Waals surface area contributed by atoms with Crippen LogP contribution in [0.3, 0.4) is 0 Å². The monoisotopic (exact) mass is 334 g/mol. The molecule has 23 heavy (non-hydrogen) atoms. The highest BCUT2D eigenvalue weighted by Gasteiger charge is 2.11. The third kappa shape index (κ3) is 2.96. The molecule has 0 saturated heterocycles. The minimum atomic E-state index is 0.956. The number of benzene rings is 2. The Hall–Kier alpha value is -2.30. The van der Waals surface area contributed by atoms with E-state index in [0.717, 1.165) is 32.5 Å². The fourth-order valence-electron chi connectivity index (χ4n) is 2.33. The number of hydrogen-bond donors (Lipinski definition) is 0. The van der Waals surface area contributed by atoms with Gasteiger partial charge in [0.05, 0.1) is 5.69 Å². The maximum atomic E-state index is 4.75. The molecule has 0 unspecified atom stereocenters. The fraction of sp³-hybridized carbons (Fsp3) is 0.0526. The van der Waals surface area contributed by atoms with Gasteiger partial charge in [0.15, 0.2) is 0 Å². The van der Waals surface area contributed by atoms with Crippen LogP contribution >= 0.6 is 22.7 Å². The Morgan fingerprint density at radius 1 is 0.652 bits per heavy atom. The Kier molecular flexibility index (Phi) is 3.77. The SMILES string of the molecule is Cc1ccc(-c2nc(-c3nc(-c4ccccc4)cs3)cs2)cc1. The average Bonchev–Trinajstić information content (AvgIpc) is 3.26. The molecule has 0 bridgehead atoms. The lowest BCUT2D eigenvalue weighted by Crippen LogP contribution is -1.81. The minimum Gasteiger partial charge on any atom is -0.234 e. The van der Waals surface area contributed by atoms with Crippen molar-refractivity contribution in [1.82, 2.24) is 9.97 Å². The van der Waals surface area contributed by atoms with Gasteiger partial charge in [0.25, 0.3) is 0 Å². The first kappa shape index (κ1) is 14.3. The van der Waals surface area contributed by atoms with Gasteiger partial charge in [-0.1, -0.05) is 60.2 Å². The first-order chi connectivity index (χ1) is 11.3. The lowest BCUT2D eigenvalue weighted by atomic mass is 10.2. The molecule has 0 spiro atoms. The molecule has 0 atom stereocenters. The van der Waals surface area contributed by atoms with Crippen LogP contribution in [0.1, 0.15) is 5.56 Å². The summed E-state index contributed by atoms with van der Waals surface area (Å²) in [4.78, 5) is 9.49. The number of thiazole rings is 2. The second-order valence-electron chi connectivity index (χ2n) is 5.31. The van der Waals surface area contributed by atoms with Crippen LogP contribution in [0.2, 0.25) is 0 Å². The Labute approximate surface area is 143 Å². The molecule has 0 fully saturated rings. The van der Waals surface area contributed by atoms with E-state index in [1.54, 1.807) is 22.7 Å². The molecule has 4 rings (SSSR count). The van der Waals surface area contributed by atoms with E-state index < -0.39 is 0 Å². The summed E-state index contributed by atoms with van der Waals surface area (Å²) in [6.45, 7) is 2.09. The highest BCUT2D eigenvalue weighted by Crippen LogP contribution is 2.32. The van der Waals surface area contributed by atoms with E-state index in [1.807, 2.05) is 18.2 Å². The molecular weight excluding hydrogens is 320 g/mol. The zero-order valence-corrected chi connectivity index (χ0v) is 14.2. The topological polar surface area (TPSA) is 25.8 Å². The normalized spacial score (nSPS) is 10.8. The Morgan fingerprint density at radius 3 is 2.09 bits per heavy atom. The molecular formula is C19H14N2S2. The zero-order valence-electron chi connectivity index (χ0n) is 12.6. The van der Waals surface area contributed by atoms with Crippen LogP contribution in [0, 0.1) is 6.92 Å². The first-order valence-corrected chi connectivity index (χ1v) is 9.09. The van der Waals surface area contributed by atoms with Crippen LogP contribution in [0.25, 0.3) is 32.5 Å². The predicted molar refractivity (Wildman–Crippen MR) is 98.8 cm³/mol. The van der Waals surface area contributed by atoms with Gasteiger partial charge in [-0.3, -0.25) is 0 Å². The van der Waals surface area contributed by atoms with Crippen molar-refractivity contribution in [2.75, 3.05) is 0 Å². The highest BCUT2D eigenvalue weighted by atomic mass is 32.1. The molecule has 0 saturated carbocycles. The van der Waals surface area contributed by atoms with Gasteiger partial charge in [-0.25, -0.2) is 9.97 Å². The summed E-state index contributed by atoms with van der Waals surface area (Å²) in [5.74, 6) is 0. The van der Waals surface area contributed by atoms with E-state index >= 15 is 0 Å². The molecule has 0 amide bonds. The zero-order chi connectivity index (χ0) is 15.6. The van der Waals surface area contributed by atoms with Gasteiger partial charge in [-0.2, -0.15) is 0 Å². The first-order valence-electron chi connectivity index (χ1n) is 7.33. The molecule has 0 N–H and O–H groups in total. The van der Waals surface area contributed by atoms with Gasteiger partial charge in [0.2, 0.25) is 0 Å². The van der Waals surface area contributed by atoms with Crippen molar-refractivity contribution in [2.24, 2.45) is 0 Å². The minimum absolute atomic E-state index is 0.956. The third-order valence-electron chi connectivity index (χ3n) is 3.60. The maximum absolute atomic E-state index is 4.75. The average molecular weight is 334 g/mol. The Morgan fingerprint density at radius 2 is 1.30 bits per heavy atom. The molecule has 4 heteroatoms. The molecule has 2 aromatic heterocycles. The Bertz CT molecular complexity index is 921. The second-order valence-corrected chi connectivity index (χ2v) is 7.02. The van der Waals surface area contributed by atoms with Gasteiger partial charge in [-0.05, 0) is 6.92 Å². The fourth-order valence-corrected chi connectivity index (χ4v) is 4.01. The molecule has 0 aliphatic rings. The van der Waals surface area contributed by atoms with Gasteiger partial charge in [0.1, 0.15) is 15.7 Å². The maximum Gasteiger partial charge on any atom is 0.143 e. The molecule has 2 aromatic carbocycles. The van der Waals surface area contributed by atoms with Gasteiger partial charge in [0, 0.05) is 21.9 Å². The van der Waals surface area contributed by atoms with Crippen LogP contribution < -0.4 is 0 Å². The molecule has 0 radical (unpaired) electrons. The number of aromatic nitrogens is 2. The summed E-state index contributed by atoms with van der Waals surface area (Å²) in [6, 6.07) is 18.7. The van der Waals surface area contributed by atoms with Crippen molar-refractivity contribution in [3.63, 3.8) is 0 Å². The molecule has 112 valence electrons. The lowest BCUT2D eigenvalue weighted by Gasteiger charge is -1.96. The number of nitrogens with zero attached hydrogens (tertiary/aromatic N) is 2. The molecule has 4 aromatic rings. The largest absolute Gasteiger partial charge is 0.234 e. The van der Waals surface area contributed by atoms with Crippen molar-refractivity contribution >= 4 is 22.7 Å². The highest BCUT2D eigenvalue weighted by molar-refractivity contribution is 7.15. The number of rotatable bonds is 3. The van der Waals surface area contributed by atoms with Crippen molar-refractivity contribution in [1.29, 1.82) is 0 Å². The molecule has 0 aliphatic carbocycles. The van der Waals surface area contributed by atoms with Gasteiger partial charge < -0.3 is 0 Å². The van der Waals surface area contributed by atoms with Crippen molar-refractivity contribution in [2.45, 2.75) is 6.92 Å². The molecule has 2 nitrogen and oxygen atoms in total. The van der Waals surface area contributed by atoms with E-state index in [-0.39, 0.29) is 0 Å². The Balaban J connectivity index is 1.65. The lowest BCUT2D eigenvalue weighted by molar-refractivity contribution is 1.34. The standard InChI is InChI=1S/C19H14N2S2/c1-13-7-9-15(10-8-13)18-21-17(12-22-18)19-20-16(11-23-19)14-5-3-2-4-6-14/h2-12H,1H3. The molecule has 0 aliphatic heterocycles. The second kappa shape index (κ2) is 6.07. The molecule has 2 heterocycles. The summed E-state index contributed by atoms with van der Waals surface area (Å²) in [5.41, 5.74) is 5.53. The van der Waals surface area contributed by atoms with E-state index in [1.165, 1.54) is 5.56 Å². The van der Waals surface area contributed by atoms with E-state index in [4.69, 9.17) is 9.97 Å². The predicted octanol–water partition coefficient (Wildman–Crippen LogP) is 5.91. The van der Waals surface area contributed by atoms with Crippen LogP contribution in [0.15, 0.2) is 65.4 Å². The summed E-state index contributed by atoms with van der Waals surface area (Å²) in [5, 5.41) is 6.19. The van der Waals surface area contributed by atoms with Crippen molar-refractivity contribution < 1.29 is 0 Å². The smallest absolute Gasteiger partial charge is 0.143 e. The van der Waals surface area contributed by atoms with Crippen LogP contribution in [-0.2, 0) is 0 Å². The van der Waals surface area contributed by atoms with E-state index in [0.29, 0.717) is 0 Å². The van der Waals surface area contributed by atoms with Gasteiger partial charge in [-0.15, -0.1) is 22.7 Å². The van der Waals surface area contributed by atoms with Crippen LogP contribution in [-0.4, -0.2) is 9.97 Å². The number of aryl methyl sites for hydroxylation is 1. The van der Waals surface area contributed by atoms with Crippen LogP contribution in [0.4, 0.5) is 0 Å². The summed E-state index contributed by atoms with van der Waals surface area (Å²) < 4.78 is 0.